The van der Waals surface area contributed by atoms with E-state index < -0.39 is 0 Å². The van der Waals surface area contributed by atoms with Crippen LogP contribution in [0.4, 0.5) is 0 Å². The van der Waals surface area contributed by atoms with Crippen LogP contribution in [-0.4, -0.2) is 47.8 Å². The van der Waals surface area contributed by atoms with Crippen LogP contribution in [0.15, 0.2) is 47.1 Å². The number of hydrogen-bond donors (Lipinski definition) is 0. The monoisotopic (exact) mass is 338 g/mol. The zero-order valence-electron chi connectivity index (χ0n) is 14.4. The van der Waals surface area contributed by atoms with Gasteiger partial charge in [0.15, 0.2) is 5.76 Å². The normalized spacial score (nSPS) is 22.8. The lowest BCUT2D eigenvalue weighted by atomic mass is 10.0. The van der Waals surface area contributed by atoms with Gasteiger partial charge in [0.25, 0.3) is 5.91 Å². The van der Waals surface area contributed by atoms with Crippen LogP contribution in [0.1, 0.15) is 34.0 Å². The van der Waals surface area contributed by atoms with Crippen LogP contribution in [0.25, 0.3) is 0 Å². The molecule has 4 rings (SSSR count). The molecular weight excluding hydrogens is 316 g/mol. The van der Waals surface area contributed by atoms with Crippen molar-refractivity contribution in [3.05, 3.63) is 59.5 Å². The van der Waals surface area contributed by atoms with Crippen molar-refractivity contribution >= 4 is 11.8 Å². The number of nitrogens with zero attached hydrogens (tertiary/aromatic N) is 2. The molecule has 2 unspecified atom stereocenters. The van der Waals surface area contributed by atoms with Crippen LogP contribution in [0.5, 0.6) is 0 Å². The molecular formula is C20H22N2O3. The highest BCUT2D eigenvalue weighted by atomic mass is 16.3. The van der Waals surface area contributed by atoms with Gasteiger partial charge in [-0.25, -0.2) is 0 Å². The highest BCUT2D eigenvalue weighted by Gasteiger charge is 2.46. The Labute approximate surface area is 147 Å². The second kappa shape index (κ2) is 6.39. The summed E-state index contributed by atoms with van der Waals surface area (Å²) in [6.07, 6.45) is 2.45. The van der Waals surface area contributed by atoms with Gasteiger partial charge in [-0.3, -0.25) is 9.59 Å². The summed E-state index contributed by atoms with van der Waals surface area (Å²) in [5, 5.41) is 0. The number of amides is 2. The van der Waals surface area contributed by atoms with E-state index in [-0.39, 0.29) is 17.7 Å². The van der Waals surface area contributed by atoms with Crippen molar-refractivity contribution in [2.45, 2.75) is 19.3 Å². The second-order valence-corrected chi connectivity index (χ2v) is 6.90. The molecule has 25 heavy (non-hydrogen) atoms. The lowest BCUT2D eigenvalue weighted by Crippen LogP contribution is -2.51. The molecule has 0 bridgehead atoms. The lowest BCUT2D eigenvalue weighted by Gasteiger charge is -2.34. The Balaban J connectivity index is 1.33. The van der Waals surface area contributed by atoms with Gasteiger partial charge in [0, 0.05) is 32.1 Å². The first-order chi connectivity index (χ1) is 12.1. The molecule has 2 aromatic rings. The summed E-state index contributed by atoms with van der Waals surface area (Å²) in [6.45, 7) is 4.43. The fraction of sp³-hybridized carbons (Fsp3) is 0.400. The van der Waals surface area contributed by atoms with E-state index in [1.807, 2.05) is 17.0 Å². The Morgan fingerprint density at radius 3 is 2.40 bits per heavy atom. The van der Waals surface area contributed by atoms with Crippen LogP contribution in [0, 0.1) is 12.8 Å². The molecule has 5 nitrogen and oxygen atoms in total. The van der Waals surface area contributed by atoms with Gasteiger partial charge in [-0.1, -0.05) is 24.3 Å². The SMILES string of the molecule is Cc1ccccc1C1CC1C(=O)N1CCN(C(=O)c2ccco2)CC1. The molecule has 0 radical (unpaired) electrons. The van der Waals surface area contributed by atoms with Gasteiger partial charge in [0.2, 0.25) is 5.91 Å². The minimum absolute atomic E-state index is 0.0960. The molecule has 5 heteroatoms. The van der Waals surface area contributed by atoms with Crippen molar-refractivity contribution in [3.8, 4) is 0 Å². The second-order valence-electron chi connectivity index (χ2n) is 6.90. The summed E-state index contributed by atoms with van der Waals surface area (Å²) >= 11 is 0. The van der Waals surface area contributed by atoms with Gasteiger partial charge >= 0.3 is 0 Å². The number of carbonyl (C=O) groups is 2. The molecule has 2 heterocycles. The van der Waals surface area contributed by atoms with Crippen molar-refractivity contribution in [2.24, 2.45) is 5.92 Å². The van der Waals surface area contributed by atoms with E-state index >= 15 is 0 Å². The molecule has 2 atom stereocenters. The number of benzene rings is 1. The quantitative estimate of drug-likeness (QED) is 0.865. The fourth-order valence-electron chi connectivity index (χ4n) is 3.73. The third kappa shape index (κ3) is 3.06. The van der Waals surface area contributed by atoms with E-state index in [1.54, 1.807) is 17.0 Å². The minimum atomic E-state index is -0.0960. The van der Waals surface area contributed by atoms with E-state index in [1.165, 1.54) is 17.4 Å². The van der Waals surface area contributed by atoms with Crippen molar-refractivity contribution in [1.82, 2.24) is 9.80 Å². The van der Waals surface area contributed by atoms with E-state index in [0.29, 0.717) is 37.9 Å². The molecule has 2 aliphatic rings. The number of furan rings is 1. The fourth-order valence-corrected chi connectivity index (χ4v) is 3.73. The molecule has 1 saturated carbocycles. The third-order valence-electron chi connectivity index (χ3n) is 5.31. The van der Waals surface area contributed by atoms with E-state index in [2.05, 4.69) is 19.1 Å². The number of aryl methyl sites for hydroxylation is 1. The van der Waals surface area contributed by atoms with Gasteiger partial charge in [-0.2, -0.15) is 0 Å². The van der Waals surface area contributed by atoms with Gasteiger partial charge in [0.05, 0.1) is 6.26 Å². The van der Waals surface area contributed by atoms with Gasteiger partial charge in [-0.05, 0) is 42.5 Å². The van der Waals surface area contributed by atoms with Crippen molar-refractivity contribution in [2.75, 3.05) is 26.2 Å². The number of piperazine rings is 1. The largest absolute Gasteiger partial charge is 0.459 e. The summed E-state index contributed by atoms with van der Waals surface area (Å²) in [7, 11) is 0. The summed E-state index contributed by atoms with van der Waals surface area (Å²) in [5.41, 5.74) is 2.56. The van der Waals surface area contributed by atoms with Crippen molar-refractivity contribution < 1.29 is 14.0 Å². The first kappa shape index (κ1) is 15.9. The van der Waals surface area contributed by atoms with Crippen LogP contribution < -0.4 is 0 Å². The van der Waals surface area contributed by atoms with Gasteiger partial charge in [-0.15, -0.1) is 0 Å². The third-order valence-corrected chi connectivity index (χ3v) is 5.31. The summed E-state index contributed by atoms with van der Waals surface area (Å²) in [4.78, 5) is 28.7. The predicted octanol–water partition coefficient (Wildman–Crippen LogP) is 2.68. The highest BCUT2D eigenvalue weighted by Crippen LogP contribution is 2.49. The molecule has 1 aromatic carbocycles. The maximum atomic E-state index is 12.8. The molecule has 0 spiro atoms. The van der Waals surface area contributed by atoms with E-state index in [0.717, 1.165) is 6.42 Å². The molecule has 2 amide bonds. The van der Waals surface area contributed by atoms with Crippen LogP contribution in [0.2, 0.25) is 0 Å². The molecule has 1 aromatic heterocycles. The zero-order valence-corrected chi connectivity index (χ0v) is 14.4. The topological polar surface area (TPSA) is 53.8 Å². The van der Waals surface area contributed by atoms with Crippen LogP contribution in [0.3, 0.4) is 0 Å². The standard InChI is InChI=1S/C20H22N2O3/c1-14-5-2-3-6-15(14)16-13-17(16)19(23)21-8-10-22(11-9-21)20(24)18-7-4-12-25-18/h2-7,12,16-17H,8-11,13H2,1H3. The van der Waals surface area contributed by atoms with E-state index in [9.17, 15) is 9.59 Å². The maximum absolute atomic E-state index is 12.8. The molecule has 2 fully saturated rings. The van der Waals surface area contributed by atoms with Crippen molar-refractivity contribution in [3.63, 3.8) is 0 Å². The molecule has 1 saturated heterocycles. The smallest absolute Gasteiger partial charge is 0.289 e. The number of carbonyl (C=O) groups excluding carboxylic acids is 2. The maximum Gasteiger partial charge on any atom is 0.289 e. The Morgan fingerprint density at radius 1 is 1.00 bits per heavy atom. The van der Waals surface area contributed by atoms with Gasteiger partial charge < -0.3 is 14.2 Å². The number of rotatable bonds is 3. The lowest BCUT2D eigenvalue weighted by molar-refractivity contribution is -0.134. The van der Waals surface area contributed by atoms with E-state index in [4.69, 9.17) is 4.42 Å². The first-order valence-electron chi connectivity index (χ1n) is 8.82. The Kier molecular flexibility index (Phi) is 4.07. The average molecular weight is 338 g/mol. The van der Waals surface area contributed by atoms with Crippen LogP contribution in [-0.2, 0) is 4.79 Å². The van der Waals surface area contributed by atoms with Gasteiger partial charge in [0.1, 0.15) is 0 Å². The minimum Gasteiger partial charge on any atom is -0.459 e. The average Bonchev–Trinajstić information content (AvgIpc) is 3.24. The Morgan fingerprint density at radius 2 is 1.72 bits per heavy atom. The summed E-state index contributed by atoms with van der Waals surface area (Å²) in [5.74, 6) is 0.964. The summed E-state index contributed by atoms with van der Waals surface area (Å²) in [6, 6.07) is 11.7. The first-order valence-corrected chi connectivity index (χ1v) is 8.82. The summed E-state index contributed by atoms with van der Waals surface area (Å²) < 4.78 is 5.17. The molecule has 1 aliphatic heterocycles. The molecule has 0 N–H and O–H groups in total. The Hall–Kier alpha value is -2.56. The molecule has 1 aliphatic carbocycles. The predicted molar refractivity (Wildman–Crippen MR) is 93.2 cm³/mol. The molecule has 130 valence electrons. The van der Waals surface area contributed by atoms with Crippen LogP contribution >= 0.6 is 0 Å². The Bertz CT molecular complexity index is 776. The van der Waals surface area contributed by atoms with Crippen molar-refractivity contribution in [1.29, 1.82) is 0 Å². The highest BCUT2D eigenvalue weighted by molar-refractivity contribution is 5.91. The zero-order chi connectivity index (χ0) is 17.4. The number of hydrogen-bond acceptors (Lipinski definition) is 3.